The Bertz CT molecular complexity index is 1100. The Balaban J connectivity index is 1.59. The summed E-state index contributed by atoms with van der Waals surface area (Å²) in [5, 5.41) is 20.1. The number of hydrogen-bond donors (Lipinski definition) is 2. The molecule has 0 unspecified atom stereocenters. The minimum atomic E-state index is -1.10. The third kappa shape index (κ3) is 3.14. The molecule has 0 spiro atoms. The molecule has 1 amide bonds. The molecule has 2 aliphatic heterocycles. The van der Waals surface area contributed by atoms with Crippen LogP contribution in [-0.2, 0) is 16.1 Å². The molecule has 168 valence electrons. The zero-order chi connectivity index (χ0) is 22.4. The van der Waals surface area contributed by atoms with Crippen molar-refractivity contribution in [1.82, 2.24) is 19.4 Å². The second kappa shape index (κ2) is 8.12. The summed E-state index contributed by atoms with van der Waals surface area (Å²) < 4.78 is 1.62. The number of aliphatic hydroxyl groups is 1. The molecule has 3 aliphatic rings. The molecule has 1 aliphatic carbocycles. The van der Waals surface area contributed by atoms with Gasteiger partial charge < -0.3 is 19.7 Å². The highest BCUT2D eigenvalue weighted by Crippen LogP contribution is 2.50. The second-order valence-corrected chi connectivity index (χ2v) is 9.03. The van der Waals surface area contributed by atoms with Crippen LogP contribution in [0.4, 0.5) is 0 Å². The number of hydrogen-bond acceptors (Lipinski definition) is 6. The molecule has 0 radical (unpaired) electrons. The van der Waals surface area contributed by atoms with E-state index < -0.39 is 24.0 Å². The van der Waals surface area contributed by atoms with Crippen molar-refractivity contribution in [2.24, 2.45) is 17.8 Å². The van der Waals surface area contributed by atoms with Crippen molar-refractivity contribution in [2.75, 3.05) is 6.61 Å². The van der Waals surface area contributed by atoms with Crippen molar-refractivity contribution in [3.63, 3.8) is 0 Å². The van der Waals surface area contributed by atoms with Gasteiger partial charge >= 0.3 is 5.97 Å². The van der Waals surface area contributed by atoms with Crippen LogP contribution in [0, 0.1) is 17.8 Å². The van der Waals surface area contributed by atoms with Gasteiger partial charge in [0.05, 0.1) is 11.6 Å². The SMILES string of the molecule is O=C(O)[C@@H]1[C@@H](CO)[C@@H]2Cn3c(ccc(-c4cncnc4)c3=O)[C@@H]2N1C(=O)C1CCCCC1. The van der Waals surface area contributed by atoms with Crippen molar-refractivity contribution < 1.29 is 19.8 Å². The van der Waals surface area contributed by atoms with E-state index >= 15 is 0 Å². The van der Waals surface area contributed by atoms with Crippen LogP contribution in [-0.4, -0.2) is 54.2 Å². The van der Waals surface area contributed by atoms with E-state index in [1.165, 1.54) is 11.2 Å². The van der Waals surface area contributed by atoms with Crippen LogP contribution in [0.3, 0.4) is 0 Å². The number of carbonyl (C=O) groups excluding carboxylic acids is 1. The smallest absolute Gasteiger partial charge is 0.326 e. The summed E-state index contributed by atoms with van der Waals surface area (Å²) in [5.41, 5.74) is 1.46. The summed E-state index contributed by atoms with van der Waals surface area (Å²) in [7, 11) is 0. The molecule has 9 nitrogen and oxygen atoms in total. The highest BCUT2D eigenvalue weighted by atomic mass is 16.4. The minimum Gasteiger partial charge on any atom is -0.480 e. The Hall–Kier alpha value is -3.07. The summed E-state index contributed by atoms with van der Waals surface area (Å²) in [5.74, 6) is -2.43. The average Bonchev–Trinajstić information content (AvgIpc) is 3.35. The minimum absolute atomic E-state index is 0.163. The van der Waals surface area contributed by atoms with E-state index in [9.17, 15) is 24.6 Å². The predicted octanol–water partition coefficient (Wildman–Crippen LogP) is 1.46. The van der Waals surface area contributed by atoms with Gasteiger partial charge in [-0.1, -0.05) is 19.3 Å². The van der Waals surface area contributed by atoms with E-state index in [1.54, 1.807) is 29.1 Å². The Morgan fingerprint density at radius 1 is 1.09 bits per heavy atom. The van der Waals surface area contributed by atoms with Crippen LogP contribution < -0.4 is 5.56 Å². The maximum atomic E-state index is 13.6. The van der Waals surface area contributed by atoms with Crippen molar-refractivity contribution in [3.8, 4) is 11.1 Å². The third-order valence-corrected chi connectivity index (χ3v) is 7.41. The highest BCUT2D eigenvalue weighted by Gasteiger charge is 2.58. The summed E-state index contributed by atoms with van der Waals surface area (Å²) in [6.07, 6.45) is 9.04. The number of likely N-dealkylation sites (tertiary alicyclic amines) is 1. The first-order chi connectivity index (χ1) is 15.5. The first-order valence-corrected chi connectivity index (χ1v) is 11.2. The molecule has 0 aromatic carbocycles. The molecular formula is C23H26N4O5. The lowest BCUT2D eigenvalue weighted by Crippen LogP contribution is -2.48. The first-order valence-electron chi connectivity index (χ1n) is 11.2. The van der Waals surface area contributed by atoms with Gasteiger partial charge in [-0.3, -0.25) is 9.59 Å². The lowest BCUT2D eigenvalue weighted by Gasteiger charge is -2.33. The molecule has 0 bridgehead atoms. The van der Waals surface area contributed by atoms with E-state index in [4.69, 9.17) is 0 Å². The van der Waals surface area contributed by atoms with Crippen LogP contribution in [0.5, 0.6) is 0 Å². The molecule has 5 rings (SSSR count). The number of pyridine rings is 1. The van der Waals surface area contributed by atoms with Gasteiger partial charge in [0.25, 0.3) is 5.56 Å². The topological polar surface area (TPSA) is 126 Å². The molecule has 2 N–H and O–H groups in total. The fourth-order valence-corrected chi connectivity index (χ4v) is 5.93. The van der Waals surface area contributed by atoms with Crippen LogP contribution in [0.15, 0.2) is 35.6 Å². The third-order valence-electron chi connectivity index (χ3n) is 7.41. The van der Waals surface area contributed by atoms with Crippen molar-refractivity contribution in [1.29, 1.82) is 0 Å². The van der Waals surface area contributed by atoms with E-state index in [0.29, 0.717) is 16.8 Å². The van der Waals surface area contributed by atoms with Gasteiger partial charge in [-0.05, 0) is 25.0 Å². The summed E-state index contributed by atoms with van der Waals surface area (Å²) in [6, 6.07) is 1.88. The van der Waals surface area contributed by atoms with Gasteiger partial charge in [0, 0.05) is 54.6 Å². The van der Waals surface area contributed by atoms with Gasteiger partial charge in [0.2, 0.25) is 5.91 Å². The number of amides is 1. The highest BCUT2D eigenvalue weighted by molar-refractivity contribution is 5.87. The zero-order valence-electron chi connectivity index (χ0n) is 17.6. The molecule has 1 saturated carbocycles. The summed E-state index contributed by atoms with van der Waals surface area (Å²) >= 11 is 0. The molecule has 2 aromatic rings. The average molecular weight is 438 g/mol. The van der Waals surface area contributed by atoms with Crippen molar-refractivity contribution >= 4 is 11.9 Å². The molecular weight excluding hydrogens is 412 g/mol. The Morgan fingerprint density at radius 3 is 2.47 bits per heavy atom. The first kappa shape index (κ1) is 20.8. The number of rotatable bonds is 4. The van der Waals surface area contributed by atoms with Crippen LogP contribution in [0.25, 0.3) is 11.1 Å². The number of carboxylic acid groups (broad SMARTS) is 1. The maximum absolute atomic E-state index is 13.6. The molecule has 4 atom stereocenters. The number of carbonyl (C=O) groups is 2. The number of fused-ring (bicyclic) bond motifs is 3. The van der Waals surface area contributed by atoms with Gasteiger partial charge in [-0.15, -0.1) is 0 Å². The lowest BCUT2D eigenvalue weighted by atomic mass is 9.87. The fraction of sp³-hybridized carbons (Fsp3) is 0.522. The molecule has 32 heavy (non-hydrogen) atoms. The van der Waals surface area contributed by atoms with Crippen molar-refractivity contribution in [3.05, 3.63) is 46.9 Å². The van der Waals surface area contributed by atoms with E-state index in [1.807, 2.05) is 0 Å². The number of aliphatic hydroxyl groups excluding tert-OH is 1. The normalized spacial score (nSPS) is 27.2. The Morgan fingerprint density at radius 2 is 1.81 bits per heavy atom. The van der Waals surface area contributed by atoms with Crippen LogP contribution >= 0.6 is 0 Å². The van der Waals surface area contributed by atoms with Crippen LogP contribution in [0.2, 0.25) is 0 Å². The van der Waals surface area contributed by atoms with Gasteiger partial charge in [0.1, 0.15) is 12.4 Å². The zero-order valence-corrected chi connectivity index (χ0v) is 17.6. The maximum Gasteiger partial charge on any atom is 0.326 e. The molecule has 4 heterocycles. The van der Waals surface area contributed by atoms with E-state index in [-0.39, 0.29) is 36.5 Å². The number of aliphatic carboxylic acids is 1. The van der Waals surface area contributed by atoms with E-state index in [0.717, 1.165) is 32.1 Å². The van der Waals surface area contributed by atoms with Gasteiger partial charge in [-0.25, -0.2) is 14.8 Å². The molecule has 2 aromatic heterocycles. The van der Waals surface area contributed by atoms with Crippen molar-refractivity contribution in [2.45, 2.75) is 50.7 Å². The Labute approximate surface area is 184 Å². The summed E-state index contributed by atoms with van der Waals surface area (Å²) in [4.78, 5) is 48.6. The summed E-state index contributed by atoms with van der Waals surface area (Å²) in [6.45, 7) is -0.0848. The predicted molar refractivity (Wildman–Crippen MR) is 113 cm³/mol. The largest absolute Gasteiger partial charge is 0.480 e. The Kier molecular flexibility index (Phi) is 5.28. The van der Waals surface area contributed by atoms with Gasteiger partial charge in [-0.2, -0.15) is 0 Å². The standard InChI is InChI=1S/C23H26N4O5/c28-11-17-16-10-26-18(7-6-15(22(26)30)14-8-24-12-25-9-14)19(16)27(20(17)23(31)32)21(29)13-4-2-1-3-5-13/h6-9,12-13,16-17,19-20,28H,1-5,10-11H2,(H,31,32)/t16-,17-,19+,20-/m0/s1. The molecule has 2 fully saturated rings. The number of aromatic nitrogens is 3. The molecule has 1 saturated heterocycles. The van der Waals surface area contributed by atoms with Crippen LogP contribution in [0.1, 0.15) is 43.8 Å². The quantitative estimate of drug-likeness (QED) is 0.740. The second-order valence-electron chi connectivity index (χ2n) is 9.03. The lowest BCUT2D eigenvalue weighted by molar-refractivity contribution is -0.153. The fourth-order valence-electron chi connectivity index (χ4n) is 5.93. The van der Waals surface area contributed by atoms with Gasteiger partial charge in [0.15, 0.2) is 0 Å². The van der Waals surface area contributed by atoms with E-state index in [2.05, 4.69) is 9.97 Å². The monoisotopic (exact) mass is 438 g/mol. The molecule has 9 heteroatoms. The number of nitrogens with zero attached hydrogens (tertiary/aromatic N) is 4. The number of carboxylic acids is 1.